The maximum Gasteiger partial charge on any atom is 0.309 e. The van der Waals surface area contributed by atoms with Crippen LogP contribution in [0.1, 0.15) is 11.3 Å². The molecule has 0 spiro atoms. The summed E-state index contributed by atoms with van der Waals surface area (Å²) in [6, 6.07) is 7.50. The van der Waals surface area contributed by atoms with Crippen molar-refractivity contribution < 1.29 is 9.90 Å². The third-order valence-electron chi connectivity index (χ3n) is 2.44. The molecule has 0 aliphatic heterocycles. The Labute approximate surface area is 107 Å². The van der Waals surface area contributed by atoms with E-state index in [4.69, 9.17) is 5.11 Å². The molecule has 0 saturated heterocycles. The summed E-state index contributed by atoms with van der Waals surface area (Å²) in [5.74, 6) is -0.861. The van der Waals surface area contributed by atoms with Crippen molar-refractivity contribution in [2.45, 2.75) is 13.3 Å². The average Bonchev–Trinajstić information content (AvgIpc) is 2.69. The highest BCUT2D eigenvalue weighted by molar-refractivity contribution is 9.10. The van der Waals surface area contributed by atoms with Gasteiger partial charge in [-0.3, -0.25) is 4.79 Å². The molecular weight excluding hydrogens is 284 g/mol. The summed E-state index contributed by atoms with van der Waals surface area (Å²) >= 11 is 3.43. The van der Waals surface area contributed by atoms with Gasteiger partial charge in [0, 0.05) is 10.7 Å². The van der Waals surface area contributed by atoms with Gasteiger partial charge in [0.1, 0.15) is 0 Å². The number of hydrogen-bond acceptors (Lipinski definition) is 2. The fraction of sp³-hybridized carbons (Fsp3) is 0.167. The van der Waals surface area contributed by atoms with Crippen molar-refractivity contribution in [2.24, 2.45) is 0 Å². The number of aromatic nitrogens is 2. The molecule has 2 rings (SSSR count). The first-order valence-electron chi connectivity index (χ1n) is 5.09. The van der Waals surface area contributed by atoms with Gasteiger partial charge >= 0.3 is 5.97 Å². The van der Waals surface area contributed by atoms with Gasteiger partial charge in [-0.1, -0.05) is 15.9 Å². The number of carboxylic acid groups (broad SMARTS) is 1. The predicted molar refractivity (Wildman–Crippen MR) is 67.3 cm³/mol. The van der Waals surface area contributed by atoms with E-state index >= 15 is 0 Å². The Balaban J connectivity index is 2.42. The third-order valence-corrected chi connectivity index (χ3v) is 3.33. The number of aryl methyl sites for hydroxylation is 1. The lowest BCUT2D eigenvalue weighted by molar-refractivity contribution is -0.136. The van der Waals surface area contributed by atoms with E-state index in [-0.39, 0.29) is 6.42 Å². The first-order valence-corrected chi connectivity index (χ1v) is 5.88. The lowest BCUT2D eigenvalue weighted by Gasteiger charge is -2.07. The number of halogens is 1. The van der Waals surface area contributed by atoms with Crippen LogP contribution in [0.4, 0.5) is 0 Å². The largest absolute Gasteiger partial charge is 0.481 e. The Kier molecular flexibility index (Phi) is 3.28. The highest BCUT2D eigenvalue weighted by Crippen LogP contribution is 2.20. The topological polar surface area (TPSA) is 55.1 Å². The van der Waals surface area contributed by atoms with Crippen LogP contribution in [0.15, 0.2) is 34.9 Å². The van der Waals surface area contributed by atoms with Gasteiger partial charge in [-0.05, 0) is 36.8 Å². The number of carbonyl (C=O) groups is 1. The van der Waals surface area contributed by atoms with Crippen LogP contribution in [0.3, 0.4) is 0 Å². The van der Waals surface area contributed by atoms with Gasteiger partial charge in [-0.2, -0.15) is 5.10 Å². The van der Waals surface area contributed by atoms with Gasteiger partial charge in [0.15, 0.2) is 0 Å². The Hall–Kier alpha value is -1.62. The normalized spacial score (nSPS) is 10.5. The van der Waals surface area contributed by atoms with Crippen molar-refractivity contribution in [3.05, 3.63) is 46.2 Å². The molecule has 0 aliphatic carbocycles. The Morgan fingerprint density at radius 1 is 1.47 bits per heavy atom. The highest BCUT2D eigenvalue weighted by atomic mass is 79.9. The van der Waals surface area contributed by atoms with E-state index in [0.717, 1.165) is 15.7 Å². The van der Waals surface area contributed by atoms with Gasteiger partial charge in [0.25, 0.3) is 0 Å². The minimum atomic E-state index is -0.861. The Morgan fingerprint density at radius 3 is 2.88 bits per heavy atom. The molecule has 0 fully saturated rings. The van der Waals surface area contributed by atoms with E-state index < -0.39 is 5.97 Å². The molecule has 1 aromatic carbocycles. The number of rotatable bonds is 3. The quantitative estimate of drug-likeness (QED) is 0.947. The van der Waals surface area contributed by atoms with Crippen molar-refractivity contribution in [3.8, 4) is 5.69 Å². The zero-order valence-electron chi connectivity index (χ0n) is 9.22. The van der Waals surface area contributed by atoms with Crippen molar-refractivity contribution in [3.63, 3.8) is 0 Å². The van der Waals surface area contributed by atoms with Crippen LogP contribution in [0.25, 0.3) is 5.69 Å². The van der Waals surface area contributed by atoms with E-state index in [0.29, 0.717) is 5.69 Å². The first-order chi connectivity index (χ1) is 8.08. The van der Waals surface area contributed by atoms with Crippen LogP contribution in [0.5, 0.6) is 0 Å². The lowest BCUT2D eigenvalue weighted by Crippen LogP contribution is -2.08. The van der Waals surface area contributed by atoms with E-state index in [1.165, 1.54) is 0 Å². The summed E-state index contributed by atoms with van der Waals surface area (Å²) in [5.41, 5.74) is 2.62. The summed E-state index contributed by atoms with van der Waals surface area (Å²) in [7, 11) is 0. The molecule has 1 heterocycles. The molecule has 0 bridgehead atoms. The second-order valence-electron chi connectivity index (χ2n) is 3.74. The zero-order valence-corrected chi connectivity index (χ0v) is 10.8. The molecule has 0 atom stereocenters. The molecule has 0 radical (unpaired) electrons. The maximum absolute atomic E-state index is 10.7. The van der Waals surface area contributed by atoms with E-state index in [1.54, 1.807) is 16.9 Å². The Bertz CT molecular complexity index is 563. The SMILES string of the molecule is Cc1cc(-n2nccc2CC(=O)O)ccc1Br. The Morgan fingerprint density at radius 2 is 2.24 bits per heavy atom. The van der Waals surface area contributed by atoms with Crippen molar-refractivity contribution in [1.29, 1.82) is 0 Å². The molecule has 0 amide bonds. The summed E-state index contributed by atoms with van der Waals surface area (Å²) in [4.78, 5) is 10.7. The number of hydrogen-bond donors (Lipinski definition) is 1. The van der Waals surface area contributed by atoms with Crippen molar-refractivity contribution in [2.75, 3.05) is 0 Å². The lowest BCUT2D eigenvalue weighted by atomic mass is 10.2. The van der Waals surface area contributed by atoms with E-state index in [1.807, 2.05) is 25.1 Å². The zero-order chi connectivity index (χ0) is 12.4. The molecule has 1 N–H and O–H groups in total. The van der Waals surface area contributed by atoms with Gasteiger partial charge in [-0.15, -0.1) is 0 Å². The van der Waals surface area contributed by atoms with Crippen LogP contribution < -0.4 is 0 Å². The van der Waals surface area contributed by atoms with Crippen LogP contribution in [-0.4, -0.2) is 20.9 Å². The summed E-state index contributed by atoms with van der Waals surface area (Å²) in [5, 5.41) is 13.0. The molecule has 4 nitrogen and oxygen atoms in total. The monoisotopic (exact) mass is 294 g/mol. The number of aliphatic carboxylic acids is 1. The first kappa shape index (κ1) is 11.9. The average molecular weight is 295 g/mol. The van der Waals surface area contributed by atoms with Crippen molar-refractivity contribution in [1.82, 2.24) is 9.78 Å². The smallest absolute Gasteiger partial charge is 0.309 e. The minimum Gasteiger partial charge on any atom is -0.481 e. The molecule has 1 aromatic heterocycles. The summed E-state index contributed by atoms with van der Waals surface area (Å²) in [6.07, 6.45) is 1.57. The van der Waals surface area contributed by atoms with Crippen LogP contribution in [0.2, 0.25) is 0 Å². The number of nitrogens with zero attached hydrogens (tertiary/aromatic N) is 2. The highest BCUT2D eigenvalue weighted by Gasteiger charge is 2.09. The standard InChI is InChI=1S/C12H11BrN2O2/c1-8-6-9(2-3-11(8)13)15-10(4-5-14-15)7-12(16)17/h2-6H,7H2,1H3,(H,16,17). The van der Waals surface area contributed by atoms with E-state index in [2.05, 4.69) is 21.0 Å². The second kappa shape index (κ2) is 4.71. The van der Waals surface area contributed by atoms with Gasteiger partial charge < -0.3 is 5.11 Å². The van der Waals surface area contributed by atoms with Gasteiger partial charge in [0.2, 0.25) is 0 Å². The number of benzene rings is 1. The third kappa shape index (κ3) is 2.55. The fourth-order valence-electron chi connectivity index (χ4n) is 1.61. The molecule has 88 valence electrons. The maximum atomic E-state index is 10.7. The predicted octanol–water partition coefficient (Wildman–Crippen LogP) is 2.57. The van der Waals surface area contributed by atoms with Crippen LogP contribution in [0, 0.1) is 6.92 Å². The number of carboxylic acids is 1. The molecule has 17 heavy (non-hydrogen) atoms. The molecule has 5 heteroatoms. The van der Waals surface area contributed by atoms with Crippen LogP contribution in [-0.2, 0) is 11.2 Å². The summed E-state index contributed by atoms with van der Waals surface area (Å²) in [6.45, 7) is 1.98. The van der Waals surface area contributed by atoms with E-state index in [9.17, 15) is 4.79 Å². The summed E-state index contributed by atoms with van der Waals surface area (Å²) < 4.78 is 2.67. The second-order valence-corrected chi connectivity index (χ2v) is 4.59. The van der Waals surface area contributed by atoms with Gasteiger partial charge in [-0.25, -0.2) is 4.68 Å². The molecule has 0 saturated carbocycles. The fourth-order valence-corrected chi connectivity index (χ4v) is 1.86. The molecule has 0 aliphatic rings. The minimum absolute atomic E-state index is 0.0326. The van der Waals surface area contributed by atoms with Crippen molar-refractivity contribution >= 4 is 21.9 Å². The molecule has 0 unspecified atom stereocenters. The van der Waals surface area contributed by atoms with Gasteiger partial charge in [0.05, 0.1) is 17.8 Å². The molecule has 2 aromatic rings. The van der Waals surface area contributed by atoms with Crippen LogP contribution >= 0.6 is 15.9 Å². The molecular formula is C12H11BrN2O2.